The molecular formula is C19H27NO5S. The fraction of sp³-hybridized carbons (Fsp3) is 0.579. The zero-order valence-electron chi connectivity index (χ0n) is 15.5. The normalized spacial score (nSPS) is 21.7. The van der Waals surface area contributed by atoms with Crippen molar-refractivity contribution in [1.29, 1.82) is 0 Å². The number of esters is 1. The minimum atomic E-state index is -3.13. The summed E-state index contributed by atoms with van der Waals surface area (Å²) in [4.78, 5) is 24.5. The van der Waals surface area contributed by atoms with E-state index in [0.717, 1.165) is 25.5 Å². The third-order valence-electron chi connectivity index (χ3n) is 4.71. The van der Waals surface area contributed by atoms with E-state index in [1.165, 1.54) is 18.6 Å². The monoisotopic (exact) mass is 381 g/mol. The summed E-state index contributed by atoms with van der Waals surface area (Å²) >= 11 is 0. The number of sulfone groups is 1. The van der Waals surface area contributed by atoms with Crippen LogP contribution in [0.1, 0.15) is 55.5 Å². The summed E-state index contributed by atoms with van der Waals surface area (Å²) in [6, 6.07) is 6.30. The van der Waals surface area contributed by atoms with Crippen molar-refractivity contribution in [2.45, 2.75) is 57.4 Å². The number of hydrogen-bond donors (Lipinski definition) is 1. The van der Waals surface area contributed by atoms with E-state index in [1.807, 2.05) is 0 Å². The lowest BCUT2D eigenvalue weighted by atomic mass is 9.86. The Labute approximate surface area is 155 Å². The molecule has 1 aliphatic rings. The van der Waals surface area contributed by atoms with E-state index in [1.54, 1.807) is 19.1 Å². The van der Waals surface area contributed by atoms with Crippen molar-refractivity contribution in [2.75, 3.05) is 6.26 Å². The molecule has 3 unspecified atom stereocenters. The Hall–Kier alpha value is -1.89. The van der Waals surface area contributed by atoms with Gasteiger partial charge in [0.05, 0.1) is 11.3 Å². The molecule has 26 heavy (non-hydrogen) atoms. The number of carbonyl (C=O) groups excluding carboxylic acids is 2. The lowest BCUT2D eigenvalue weighted by molar-refractivity contribution is -0.130. The maximum absolute atomic E-state index is 12.3. The molecule has 144 valence electrons. The Bertz CT molecular complexity index is 742. The first kappa shape index (κ1) is 20.4. The van der Waals surface area contributed by atoms with Crippen molar-refractivity contribution < 1.29 is 22.7 Å². The molecule has 1 aliphatic carbocycles. The first-order chi connectivity index (χ1) is 12.2. The summed E-state index contributed by atoms with van der Waals surface area (Å²) in [7, 11) is -3.13. The van der Waals surface area contributed by atoms with Gasteiger partial charge in [-0.25, -0.2) is 13.2 Å². The van der Waals surface area contributed by atoms with Crippen molar-refractivity contribution >= 4 is 21.7 Å². The second-order valence-corrected chi connectivity index (χ2v) is 9.33. The smallest absolute Gasteiger partial charge is 0.338 e. The number of ether oxygens (including phenoxy) is 1. The highest BCUT2D eigenvalue weighted by Gasteiger charge is 2.26. The molecule has 0 aliphatic heterocycles. The number of benzene rings is 1. The van der Waals surface area contributed by atoms with Gasteiger partial charge < -0.3 is 10.1 Å². The van der Waals surface area contributed by atoms with Gasteiger partial charge in [-0.3, -0.25) is 4.79 Å². The van der Waals surface area contributed by atoms with Crippen molar-refractivity contribution in [3.8, 4) is 0 Å². The predicted molar refractivity (Wildman–Crippen MR) is 99.4 cm³/mol. The first-order valence-corrected chi connectivity index (χ1v) is 11.0. The molecule has 0 radical (unpaired) electrons. The van der Waals surface area contributed by atoms with Crippen LogP contribution in [0.15, 0.2) is 24.3 Å². The molecule has 1 amide bonds. The molecule has 0 saturated heterocycles. The van der Waals surface area contributed by atoms with Crippen molar-refractivity contribution in [2.24, 2.45) is 5.92 Å². The lowest BCUT2D eigenvalue weighted by Gasteiger charge is -2.30. The number of nitrogens with one attached hydrogen (secondary N) is 1. The summed E-state index contributed by atoms with van der Waals surface area (Å²) in [5.41, 5.74) is 0.883. The third kappa shape index (κ3) is 6.12. The van der Waals surface area contributed by atoms with Crippen molar-refractivity contribution in [3.05, 3.63) is 35.4 Å². The van der Waals surface area contributed by atoms with Crippen LogP contribution in [0.25, 0.3) is 0 Å². The lowest BCUT2D eigenvalue weighted by Crippen LogP contribution is -2.45. The molecule has 0 bridgehead atoms. The SMILES string of the molecule is CC(OC(=O)c1ccc(CS(C)(=O)=O)cc1)C(=O)NC1CCCCC1C. The van der Waals surface area contributed by atoms with E-state index < -0.39 is 21.9 Å². The van der Waals surface area contributed by atoms with Crippen LogP contribution in [-0.4, -0.2) is 38.7 Å². The fourth-order valence-corrected chi connectivity index (χ4v) is 3.95. The molecule has 3 atom stereocenters. The van der Waals surface area contributed by atoms with Crippen molar-refractivity contribution in [1.82, 2.24) is 5.32 Å². The van der Waals surface area contributed by atoms with Gasteiger partial charge in [-0.15, -0.1) is 0 Å². The molecular weight excluding hydrogens is 354 g/mol. The van der Waals surface area contributed by atoms with Crippen LogP contribution >= 0.6 is 0 Å². The first-order valence-electron chi connectivity index (χ1n) is 8.94. The van der Waals surface area contributed by atoms with Crippen LogP contribution < -0.4 is 5.32 Å². The van der Waals surface area contributed by atoms with Crippen LogP contribution in [0.2, 0.25) is 0 Å². The molecule has 0 spiro atoms. The molecule has 0 heterocycles. The minimum Gasteiger partial charge on any atom is -0.449 e. The van der Waals surface area contributed by atoms with Gasteiger partial charge in [0.1, 0.15) is 0 Å². The standard InChI is InChI=1S/C19H27NO5S/c1-13-6-4-5-7-17(13)20-18(21)14(2)25-19(22)16-10-8-15(9-11-16)12-26(3,23)24/h8-11,13-14,17H,4-7,12H2,1-3H3,(H,20,21). The van der Waals surface area contributed by atoms with E-state index in [2.05, 4.69) is 12.2 Å². The van der Waals surface area contributed by atoms with Gasteiger partial charge in [-0.05, 0) is 43.4 Å². The Balaban J connectivity index is 1.90. The van der Waals surface area contributed by atoms with E-state index in [0.29, 0.717) is 11.5 Å². The summed E-state index contributed by atoms with van der Waals surface area (Å²) in [6.07, 6.45) is 4.61. The summed E-state index contributed by atoms with van der Waals surface area (Å²) in [5.74, 6) is -0.542. The van der Waals surface area contributed by atoms with E-state index in [9.17, 15) is 18.0 Å². The highest BCUT2D eigenvalue weighted by molar-refractivity contribution is 7.89. The summed E-state index contributed by atoms with van der Waals surface area (Å²) < 4.78 is 27.8. The average molecular weight is 381 g/mol. The topological polar surface area (TPSA) is 89.5 Å². The Morgan fingerprint density at radius 3 is 2.38 bits per heavy atom. The van der Waals surface area contributed by atoms with Gasteiger partial charge in [-0.1, -0.05) is 31.9 Å². The van der Waals surface area contributed by atoms with E-state index >= 15 is 0 Å². The van der Waals surface area contributed by atoms with Crippen LogP contribution in [0, 0.1) is 5.92 Å². The van der Waals surface area contributed by atoms with Crippen LogP contribution in [-0.2, 0) is 25.1 Å². The molecule has 1 aromatic carbocycles. The van der Waals surface area contributed by atoms with Crippen LogP contribution in [0.3, 0.4) is 0 Å². The van der Waals surface area contributed by atoms with Crippen LogP contribution in [0.4, 0.5) is 0 Å². The molecule has 1 aromatic rings. The number of hydrogen-bond acceptors (Lipinski definition) is 5. The molecule has 7 heteroatoms. The van der Waals surface area contributed by atoms with Gasteiger partial charge in [-0.2, -0.15) is 0 Å². The Morgan fingerprint density at radius 2 is 1.81 bits per heavy atom. The molecule has 0 aromatic heterocycles. The third-order valence-corrected chi connectivity index (χ3v) is 5.57. The second kappa shape index (κ2) is 8.66. The maximum atomic E-state index is 12.3. The minimum absolute atomic E-state index is 0.0826. The molecule has 6 nitrogen and oxygen atoms in total. The second-order valence-electron chi connectivity index (χ2n) is 7.19. The van der Waals surface area contributed by atoms with Crippen LogP contribution in [0.5, 0.6) is 0 Å². The Kier molecular flexibility index (Phi) is 6.81. The maximum Gasteiger partial charge on any atom is 0.338 e. The number of amides is 1. The fourth-order valence-electron chi connectivity index (χ4n) is 3.15. The largest absolute Gasteiger partial charge is 0.449 e. The van der Waals surface area contributed by atoms with Gasteiger partial charge >= 0.3 is 5.97 Å². The number of rotatable bonds is 6. The van der Waals surface area contributed by atoms with Gasteiger partial charge in [0.15, 0.2) is 15.9 Å². The number of carbonyl (C=O) groups is 2. The molecule has 1 fully saturated rings. The highest BCUT2D eigenvalue weighted by atomic mass is 32.2. The molecule has 1 N–H and O–H groups in total. The van der Waals surface area contributed by atoms with Gasteiger partial charge in [0.25, 0.3) is 5.91 Å². The molecule has 1 saturated carbocycles. The average Bonchev–Trinajstić information content (AvgIpc) is 2.56. The zero-order valence-corrected chi connectivity index (χ0v) is 16.3. The highest BCUT2D eigenvalue weighted by Crippen LogP contribution is 2.23. The quantitative estimate of drug-likeness (QED) is 0.765. The molecule has 2 rings (SSSR count). The van der Waals surface area contributed by atoms with E-state index in [-0.39, 0.29) is 23.3 Å². The van der Waals surface area contributed by atoms with Gasteiger partial charge in [0, 0.05) is 12.3 Å². The Morgan fingerprint density at radius 1 is 1.19 bits per heavy atom. The summed E-state index contributed by atoms with van der Waals surface area (Å²) in [5, 5.41) is 2.98. The zero-order chi connectivity index (χ0) is 19.3. The van der Waals surface area contributed by atoms with Gasteiger partial charge in [0.2, 0.25) is 0 Å². The van der Waals surface area contributed by atoms with E-state index in [4.69, 9.17) is 4.74 Å². The predicted octanol–water partition coefficient (Wildman–Crippen LogP) is 2.47. The summed E-state index contributed by atoms with van der Waals surface area (Å²) in [6.45, 7) is 3.68. The van der Waals surface area contributed by atoms with Crippen molar-refractivity contribution in [3.63, 3.8) is 0 Å².